The highest BCUT2D eigenvalue weighted by Crippen LogP contribution is 2.36. The normalized spacial score (nSPS) is 17.1. The molecule has 1 aromatic heterocycles. The smallest absolute Gasteiger partial charge is 0.329 e. The Morgan fingerprint density at radius 3 is 2.68 bits per heavy atom. The third-order valence-electron chi connectivity index (χ3n) is 4.70. The third-order valence-corrected chi connectivity index (χ3v) is 4.88. The van der Waals surface area contributed by atoms with Crippen LogP contribution in [0.2, 0.25) is 5.28 Å². The number of ether oxygens (including phenoxy) is 1. The topological polar surface area (TPSA) is 98.5 Å². The maximum atomic E-state index is 12.2. The van der Waals surface area contributed by atoms with Gasteiger partial charge in [-0.15, -0.1) is 0 Å². The Morgan fingerprint density at radius 2 is 2.12 bits per heavy atom. The summed E-state index contributed by atoms with van der Waals surface area (Å²) in [5.41, 5.74) is -0.209. The number of anilines is 1. The summed E-state index contributed by atoms with van der Waals surface area (Å²) in [6.45, 7) is 5.66. The summed E-state index contributed by atoms with van der Waals surface area (Å²) in [7, 11) is 0. The van der Waals surface area contributed by atoms with E-state index in [0.717, 1.165) is 31.9 Å². The van der Waals surface area contributed by atoms with Crippen molar-refractivity contribution >= 4 is 29.1 Å². The standard InChI is InChI=1S/C16H23ClN4O4/c1-4-25-15(22)10(2)11(3)20(12-7-5-6-8-12)14-13(21(23)24)9-18-16(17)19-14/h9-12H,4-8H2,1-3H3. The third kappa shape index (κ3) is 4.36. The van der Waals surface area contributed by atoms with Crippen LogP contribution in [0.1, 0.15) is 46.5 Å². The van der Waals surface area contributed by atoms with E-state index in [-0.39, 0.29) is 34.8 Å². The fourth-order valence-corrected chi connectivity index (χ4v) is 3.39. The number of esters is 1. The molecule has 2 rings (SSSR count). The lowest BCUT2D eigenvalue weighted by Gasteiger charge is -2.37. The highest BCUT2D eigenvalue weighted by atomic mass is 35.5. The molecular weight excluding hydrogens is 348 g/mol. The zero-order valence-electron chi connectivity index (χ0n) is 14.6. The summed E-state index contributed by atoms with van der Waals surface area (Å²) in [4.78, 5) is 32.8. The largest absolute Gasteiger partial charge is 0.466 e. The first-order chi connectivity index (χ1) is 11.9. The molecule has 1 heterocycles. The number of carbonyl (C=O) groups excluding carboxylic acids is 1. The molecule has 2 unspecified atom stereocenters. The van der Waals surface area contributed by atoms with E-state index in [1.807, 2.05) is 11.8 Å². The molecule has 0 aromatic carbocycles. The van der Waals surface area contributed by atoms with E-state index in [9.17, 15) is 14.9 Å². The minimum absolute atomic E-state index is 0.0559. The van der Waals surface area contributed by atoms with Crippen molar-refractivity contribution in [3.8, 4) is 0 Å². The van der Waals surface area contributed by atoms with Crippen molar-refractivity contribution in [2.75, 3.05) is 11.5 Å². The van der Waals surface area contributed by atoms with Crippen LogP contribution in [0.15, 0.2) is 6.20 Å². The van der Waals surface area contributed by atoms with Gasteiger partial charge in [0.05, 0.1) is 17.4 Å². The van der Waals surface area contributed by atoms with E-state index in [1.54, 1.807) is 13.8 Å². The number of hydrogen-bond donors (Lipinski definition) is 0. The molecule has 0 aliphatic heterocycles. The predicted molar refractivity (Wildman–Crippen MR) is 93.7 cm³/mol. The first-order valence-corrected chi connectivity index (χ1v) is 8.86. The van der Waals surface area contributed by atoms with Crippen molar-refractivity contribution < 1.29 is 14.5 Å². The highest BCUT2D eigenvalue weighted by molar-refractivity contribution is 6.28. The van der Waals surface area contributed by atoms with Gasteiger partial charge in [0.2, 0.25) is 11.1 Å². The number of aromatic nitrogens is 2. The zero-order chi connectivity index (χ0) is 18.6. The summed E-state index contributed by atoms with van der Waals surface area (Å²) in [5.74, 6) is -0.629. The molecule has 8 nitrogen and oxygen atoms in total. The molecule has 25 heavy (non-hydrogen) atoms. The summed E-state index contributed by atoms with van der Waals surface area (Å²) in [5, 5.41) is 11.4. The maximum Gasteiger partial charge on any atom is 0.329 e. The molecule has 1 aliphatic carbocycles. The lowest BCUT2D eigenvalue weighted by Crippen LogP contribution is -2.47. The number of carbonyl (C=O) groups is 1. The molecule has 1 aliphatic rings. The first-order valence-electron chi connectivity index (χ1n) is 8.48. The van der Waals surface area contributed by atoms with Crippen LogP contribution in [-0.2, 0) is 9.53 Å². The molecule has 1 aromatic rings. The Kier molecular flexibility index (Phi) is 6.52. The Labute approximate surface area is 151 Å². The number of nitrogens with zero attached hydrogens (tertiary/aromatic N) is 4. The second-order valence-corrected chi connectivity index (χ2v) is 6.57. The molecule has 0 radical (unpaired) electrons. The number of rotatable bonds is 7. The van der Waals surface area contributed by atoms with Crippen molar-refractivity contribution in [2.24, 2.45) is 5.92 Å². The van der Waals surface area contributed by atoms with E-state index in [4.69, 9.17) is 16.3 Å². The number of nitro groups is 1. The van der Waals surface area contributed by atoms with Crippen LogP contribution in [-0.4, -0.2) is 39.6 Å². The van der Waals surface area contributed by atoms with Crippen molar-refractivity contribution in [3.05, 3.63) is 21.6 Å². The van der Waals surface area contributed by atoms with Gasteiger partial charge in [-0.05, 0) is 45.2 Å². The predicted octanol–water partition coefficient (Wildman–Crippen LogP) is 3.37. The van der Waals surface area contributed by atoms with Gasteiger partial charge in [-0.1, -0.05) is 12.8 Å². The van der Waals surface area contributed by atoms with Gasteiger partial charge < -0.3 is 9.64 Å². The molecule has 9 heteroatoms. The fraction of sp³-hybridized carbons (Fsp3) is 0.688. The summed E-state index contributed by atoms with van der Waals surface area (Å²) >= 11 is 5.91. The molecule has 0 amide bonds. The van der Waals surface area contributed by atoms with Gasteiger partial charge in [0, 0.05) is 12.1 Å². The first kappa shape index (κ1) is 19.4. The van der Waals surface area contributed by atoms with Crippen LogP contribution in [0, 0.1) is 16.0 Å². The van der Waals surface area contributed by atoms with E-state index < -0.39 is 10.8 Å². The number of hydrogen-bond acceptors (Lipinski definition) is 7. The van der Waals surface area contributed by atoms with E-state index >= 15 is 0 Å². The molecule has 1 fully saturated rings. The van der Waals surface area contributed by atoms with Crippen molar-refractivity contribution in [1.29, 1.82) is 0 Å². The van der Waals surface area contributed by atoms with E-state index in [2.05, 4.69) is 9.97 Å². The van der Waals surface area contributed by atoms with Crippen LogP contribution >= 0.6 is 11.6 Å². The molecule has 0 saturated heterocycles. The van der Waals surface area contributed by atoms with Gasteiger partial charge in [-0.3, -0.25) is 14.9 Å². The van der Waals surface area contributed by atoms with Gasteiger partial charge in [0.15, 0.2) is 0 Å². The lowest BCUT2D eigenvalue weighted by molar-refractivity contribution is -0.384. The Morgan fingerprint density at radius 1 is 1.48 bits per heavy atom. The Hall–Kier alpha value is -1.96. The number of halogens is 1. The van der Waals surface area contributed by atoms with E-state index in [0.29, 0.717) is 6.61 Å². The zero-order valence-corrected chi connectivity index (χ0v) is 15.4. The van der Waals surface area contributed by atoms with Crippen LogP contribution < -0.4 is 4.90 Å². The lowest BCUT2D eigenvalue weighted by atomic mass is 9.99. The fourth-order valence-electron chi connectivity index (χ4n) is 3.26. The highest BCUT2D eigenvalue weighted by Gasteiger charge is 2.37. The Bertz CT molecular complexity index is 637. The molecule has 0 bridgehead atoms. The van der Waals surface area contributed by atoms with Crippen LogP contribution in [0.4, 0.5) is 11.5 Å². The maximum absolute atomic E-state index is 12.2. The second kappa shape index (κ2) is 8.42. The SMILES string of the molecule is CCOC(=O)C(C)C(C)N(c1nc(Cl)ncc1[N+](=O)[O-])C1CCCC1. The van der Waals surface area contributed by atoms with Crippen molar-refractivity contribution in [3.63, 3.8) is 0 Å². The quantitative estimate of drug-likeness (QED) is 0.314. The summed E-state index contributed by atoms with van der Waals surface area (Å²) in [6.07, 6.45) is 4.97. The molecule has 0 spiro atoms. The van der Waals surface area contributed by atoms with Gasteiger partial charge >= 0.3 is 11.7 Å². The minimum atomic E-state index is -0.518. The second-order valence-electron chi connectivity index (χ2n) is 6.23. The van der Waals surface area contributed by atoms with E-state index in [1.165, 1.54) is 0 Å². The molecule has 0 N–H and O–H groups in total. The minimum Gasteiger partial charge on any atom is -0.466 e. The molecule has 2 atom stereocenters. The van der Waals surface area contributed by atoms with Gasteiger partial charge in [-0.25, -0.2) is 4.98 Å². The van der Waals surface area contributed by atoms with Crippen LogP contribution in [0.25, 0.3) is 0 Å². The molecule has 1 saturated carbocycles. The molecular formula is C16H23ClN4O4. The van der Waals surface area contributed by atoms with Gasteiger partial charge in [-0.2, -0.15) is 4.98 Å². The molecule has 138 valence electrons. The monoisotopic (exact) mass is 370 g/mol. The van der Waals surface area contributed by atoms with Crippen molar-refractivity contribution in [2.45, 2.75) is 58.5 Å². The summed E-state index contributed by atoms with van der Waals surface area (Å²) in [6, 6.07) is -0.261. The van der Waals surface area contributed by atoms with Crippen molar-refractivity contribution in [1.82, 2.24) is 9.97 Å². The summed E-state index contributed by atoms with van der Waals surface area (Å²) < 4.78 is 5.12. The average molecular weight is 371 g/mol. The van der Waals surface area contributed by atoms with Crippen LogP contribution in [0.5, 0.6) is 0 Å². The van der Waals surface area contributed by atoms with Gasteiger partial charge in [0.25, 0.3) is 0 Å². The Balaban J connectivity index is 2.45. The van der Waals surface area contributed by atoms with Gasteiger partial charge in [0.1, 0.15) is 6.20 Å². The average Bonchev–Trinajstić information content (AvgIpc) is 3.08. The van der Waals surface area contributed by atoms with Crippen LogP contribution in [0.3, 0.4) is 0 Å².